The van der Waals surface area contributed by atoms with E-state index in [-0.39, 0.29) is 12.4 Å². The molecule has 0 aromatic heterocycles. The Balaban J connectivity index is 2.08. The number of hydrogen-bond acceptors (Lipinski definition) is 2. The van der Waals surface area contributed by atoms with Gasteiger partial charge in [0.25, 0.3) is 0 Å². The molecular weight excluding hydrogens is 231 g/mol. The first-order chi connectivity index (χ1) is 8.81. The van der Waals surface area contributed by atoms with Gasteiger partial charge in [-0.1, -0.05) is 53.7 Å². The molecule has 0 unspecified atom stereocenters. The first-order valence-electron chi connectivity index (χ1n) is 5.56. The van der Waals surface area contributed by atoms with Crippen LogP contribution in [-0.2, 0) is 6.54 Å². The lowest BCUT2D eigenvalue weighted by Crippen LogP contribution is -2.24. The summed E-state index contributed by atoms with van der Waals surface area (Å²) in [5.41, 5.74) is 1.27. The number of benzene rings is 2. The highest BCUT2D eigenvalue weighted by Crippen LogP contribution is 2.06. The van der Waals surface area contributed by atoms with Crippen molar-refractivity contribution in [1.29, 1.82) is 0 Å². The summed E-state index contributed by atoms with van der Waals surface area (Å²) in [5.74, 6) is 0.0363. The zero-order chi connectivity index (χ0) is 12.8. The number of oxime groups is 1. The summed E-state index contributed by atoms with van der Waals surface area (Å²) in [4.78, 5) is 0. The second-order valence-corrected chi connectivity index (χ2v) is 3.76. The highest BCUT2D eigenvalue weighted by molar-refractivity contribution is 5.98. The van der Waals surface area contributed by atoms with E-state index in [2.05, 4.69) is 10.5 Å². The lowest BCUT2D eigenvalue weighted by atomic mass is 10.2. The minimum absolute atomic E-state index is 0.265. The van der Waals surface area contributed by atoms with E-state index in [0.717, 1.165) is 5.56 Å². The molecule has 2 N–H and O–H groups in total. The molecule has 92 valence electrons. The molecule has 0 fully saturated rings. The predicted octanol–water partition coefficient (Wildman–Crippen LogP) is 2.75. The Morgan fingerprint density at radius 3 is 2.39 bits per heavy atom. The van der Waals surface area contributed by atoms with E-state index in [1.54, 1.807) is 18.2 Å². The fourth-order valence-corrected chi connectivity index (χ4v) is 1.61. The van der Waals surface area contributed by atoms with Gasteiger partial charge in [-0.15, -0.1) is 0 Å². The van der Waals surface area contributed by atoms with Crippen LogP contribution in [0.2, 0.25) is 0 Å². The van der Waals surface area contributed by atoms with E-state index in [1.165, 1.54) is 6.07 Å². The third kappa shape index (κ3) is 2.85. The van der Waals surface area contributed by atoms with Crippen LogP contribution < -0.4 is 5.32 Å². The van der Waals surface area contributed by atoms with Crippen molar-refractivity contribution in [3.05, 3.63) is 71.5 Å². The maximum atomic E-state index is 13.4. The molecular formula is C14H13FN2O. The Morgan fingerprint density at radius 2 is 1.72 bits per heavy atom. The van der Waals surface area contributed by atoms with Crippen LogP contribution >= 0.6 is 0 Å². The highest BCUT2D eigenvalue weighted by atomic mass is 19.1. The summed E-state index contributed by atoms with van der Waals surface area (Å²) >= 11 is 0. The van der Waals surface area contributed by atoms with Gasteiger partial charge in [-0.05, 0) is 6.07 Å². The van der Waals surface area contributed by atoms with Gasteiger partial charge in [0.15, 0.2) is 5.84 Å². The number of nitrogens with zero attached hydrogens (tertiary/aromatic N) is 1. The molecule has 0 atom stereocenters. The van der Waals surface area contributed by atoms with Crippen LogP contribution in [0.15, 0.2) is 59.8 Å². The first kappa shape index (κ1) is 12.1. The van der Waals surface area contributed by atoms with Gasteiger partial charge in [-0.3, -0.25) is 0 Å². The number of amidine groups is 1. The molecule has 2 aromatic carbocycles. The van der Waals surface area contributed by atoms with Crippen molar-refractivity contribution >= 4 is 5.84 Å². The molecule has 0 saturated heterocycles. The van der Waals surface area contributed by atoms with Gasteiger partial charge in [-0.25, -0.2) is 4.39 Å². The van der Waals surface area contributed by atoms with Crippen molar-refractivity contribution in [2.45, 2.75) is 6.54 Å². The lowest BCUT2D eigenvalue weighted by Gasteiger charge is -2.08. The quantitative estimate of drug-likeness (QED) is 0.377. The lowest BCUT2D eigenvalue weighted by molar-refractivity contribution is 0.316. The van der Waals surface area contributed by atoms with E-state index in [9.17, 15) is 4.39 Å². The highest BCUT2D eigenvalue weighted by Gasteiger charge is 2.05. The largest absolute Gasteiger partial charge is 0.409 e. The molecule has 18 heavy (non-hydrogen) atoms. The predicted molar refractivity (Wildman–Crippen MR) is 68.0 cm³/mol. The molecule has 3 nitrogen and oxygen atoms in total. The molecule has 0 aliphatic rings. The van der Waals surface area contributed by atoms with Gasteiger partial charge in [0, 0.05) is 17.7 Å². The molecule has 0 saturated carbocycles. The smallest absolute Gasteiger partial charge is 0.172 e. The van der Waals surface area contributed by atoms with Crippen molar-refractivity contribution in [1.82, 2.24) is 5.32 Å². The van der Waals surface area contributed by atoms with Crippen LogP contribution in [0.5, 0.6) is 0 Å². The summed E-state index contributed by atoms with van der Waals surface area (Å²) in [7, 11) is 0. The normalized spacial score (nSPS) is 11.3. The average molecular weight is 244 g/mol. The Bertz CT molecular complexity index is 541. The Morgan fingerprint density at radius 1 is 1.06 bits per heavy atom. The van der Waals surface area contributed by atoms with E-state index < -0.39 is 0 Å². The minimum Gasteiger partial charge on any atom is -0.409 e. The van der Waals surface area contributed by atoms with E-state index >= 15 is 0 Å². The third-order valence-corrected chi connectivity index (χ3v) is 2.55. The SMILES string of the molecule is O/N=C(\NCc1ccccc1F)c1ccccc1. The van der Waals surface area contributed by atoms with Crippen LogP contribution in [-0.4, -0.2) is 11.0 Å². The minimum atomic E-state index is -0.282. The van der Waals surface area contributed by atoms with Crippen LogP contribution in [0.3, 0.4) is 0 Å². The second kappa shape index (κ2) is 5.82. The third-order valence-electron chi connectivity index (χ3n) is 2.55. The molecule has 0 radical (unpaired) electrons. The van der Waals surface area contributed by atoms with Gasteiger partial charge in [0.05, 0.1) is 0 Å². The topological polar surface area (TPSA) is 44.6 Å². The van der Waals surface area contributed by atoms with Gasteiger partial charge < -0.3 is 10.5 Å². The Hall–Kier alpha value is -2.36. The van der Waals surface area contributed by atoms with Crippen LogP contribution in [0.25, 0.3) is 0 Å². The van der Waals surface area contributed by atoms with Crippen molar-refractivity contribution in [3.63, 3.8) is 0 Å². The monoisotopic (exact) mass is 244 g/mol. The molecule has 0 amide bonds. The average Bonchev–Trinajstić information content (AvgIpc) is 2.42. The van der Waals surface area contributed by atoms with E-state index in [1.807, 2.05) is 30.3 Å². The maximum absolute atomic E-state index is 13.4. The Kier molecular flexibility index (Phi) is 3.91. The molecule has 0 heterocycles. The van der Waals surface area contributed by atoms with E-state index in [4.69, 9.17) is 5.21 Å². The molecule has 0 aliphatic carbocycles. The number of rotatable bonds is 3. The van der Waals surface area contributed by atoms with Gasteiger partial charge in [0.2, 0.25) is 0 Å². The van der Waals surface area contributed by atoms with E-state index in [0.29, 0.717) is 11.4 Å². The summed E-state index contributed by atoms with van der Waals surface area (Å²) in [6.45, 7) is 0.265. The summed E-state index contributed by atoms with van der Waals surface area (Å²) in [6.07, 6.45) is 0. The van der Waals surface area contributed by atoms with Crippen molar-refractivity contribution < 1.29 is 9.60 Å². The number of nitrogens with one attached hydrogen (secondary N) is 1. The zero-order valence-corrected chi connectivity index (χ0v) is 9.68. The Labute approximate surface area is 105 Å². The maximum Gasteiger partial charge on any atom is 0.172 e. The molecule has 4 heteroatoms. The first-order valence-corrected chi connectivity index (χ1v) is 5.56. The molecule has 2 aromatic rings. The van der Waals surface area contributed by atoms with Crippen LogP contribution in [0.4, 0.5) is 4.39 Å². The summed E-state index contributed by atoms with van der Waals surface area (Å²) in [5, 5.41) is 15.0. The summed E-state index contributed by atoms with van der Waals surface area (Å²) in [6, 6.07) is 15.6. The molecule has 0 aliphatic heterocycles. The van der Waals surface area contributed by atoms with Gasteiger partial charge in [0.1, 0.15) is 5.82 Å². The van der Waals surface area contributed by atoms with Crippen LogP contribution in [0.1, 0.15) is 11.1 Å². The fraction of sp³-hybridized carbons (Fsp3) is 0.0714. The van der Waals surface area contributed by atoms with Crippen molar-refractivity contribution in [2.24, 2.45) is 5.16 Å². The molecule has 0 bridgehead atoms. The number of hydrogen-bond donors (Lipinski definition) is 2. The zero-order valence-electron chi connectivity index (χ0n) is 9.68. The molecule has 2 rings (SSSR count). The fourth-order valence-electron chi connectivity index (χ4n) is 1.61. The van der Waals surface area contributed by atoms with Gasteiger partial charge >= 0.3 is 0 Å². The molecule has 0 spiro atoms. The second-order valence-electron chi connectivity index (χ2n) is 3.76. The van der Waals surface area contributed by atoms with Gasteiger partial charge in [-0.2, -0.15) is 0 Å². The summed E-state index contributed by atoms with van der Waals surface area (Å²) < 4.78 is 13.4. The van der Waals surface area contributed by atoms with Crippen molar-refractivity contribution in [2.75, 3.05) is 0 Å². The van der Waals surface area contributed by atoms with Crippen LogP contribution in [0, 0.1) is 5.82 Å². The standard InChI is InChI=1S/C14H13FN2O/c15-13-9-5-4-8-12(13)10-16-14(17-18)11-6-2-1-3-7-11/h1-9,18H,10H2,(H,16,17). The number of halogens is 1. The van der Waals surface area contributed by atoms with Crippen molar-refractivity contribution in [3.8, 4) is 0 Å².